The van der Waals surface area contributed by atoms with E-state index in [-0.39, 0.29) is 5.91 Å². The number of quaternary nitrogens is 1. The zero-order valence-corrected chi connectivity index (χ0v) is 11.3. The van der Waals surface area contributed by atoms with Crippen LogP contribution in [0.2, 0.25) is 0 Å². The molecule has 0 aromatic heterocycles. The van der Waals surface area contributed by atoms with E-state index in [2.05, 4.69) is 18.3 Å². The number of piperidine rings is 1. The summed E-state index contributed by atoms with van der Waals surface area (Å²) in [5, 5.41) is 11.7. The van der Waals surface area contributed by atoms with E-state index in [1.807, 2.05) is 6.07 Å². The fraction of sp³-hybridized carbons (Fsp3) is 0.467. The number of anilines is 1. The second-order valence-corrected chi connectivity index (χ2v) is 5.22. The molecule has 0 bridgehead atoms. The molecule has 19 heavy (non-hydrogen) atoms. The summed E-state index contributed by atoms with van der Waals surface area (Å²) in [6, 6.07) is 9.66. The monoisotopic (exact) mass is 258 g/mol. The van der Waals surface area contributed by atoms with Gasteiger partial charge in [-0.15, -0.1) is 0 Å². The lowest BCUT2D eigenvalue weighted by atomic mass is 10.0. The molecule has 0 aliphatic carbocycles. The van der Waals surface area contributed by atoms with Crippen molar-refractivity contribution in [2.45, 2.75) is 32.2 Å². The summed E-state index contributed by atoms with van der Waals surface area (Å²) in [6.45, 7) is 3.79. The summed E-state index contributed by atoms with van der Waals surface area (Å²) in [7, 11) is 0. The molecule has 2 N–H and O–H groups in total. The van der Waals surface area contributed by atoms with E-state index in [1.54, 1.807) is 18.2 Å². The standard InChI is InChI=1S/C15H19N3O/c1-12-5-2-3-8-18(12)11-15(19)17-14-7-4-6-13(9-14)10-16/h4,6-7,9,12H,2-3,5,8,11H2,1H3,(H,17,19)/p+1/t12-/m1/s1. The maximum Gasteiger partial charge on any atom is 0.279 e. The molecule has 1 fully saturated rings. The smallest absolute Gasteiger partial charge is 0.279 e. The average molecular weight is 258 g/mol. The molecule has 2 atom stereocenters. The Hall–Kier alpha value is -1.86. The summed E-state index contributed by atoms with van der Waals surface area (Å²) >= 11 is 0. The van der Waals surface area contributed by atoms with Crippen LogP contribution in [0.5, 0.6) is 0 Å². The Morgan fingerprint density at radius 1 is 1.53 bits per heavy atom. The first-order valence-corrected chi connectivity index (χ1v) is 6.83. The topological polar surface area (TPSA) is 57.3 Å². The van der Waals surface area contributed by atoms with Crippen LogP contribution in [-0.2, 0) is 4.79 Å². The Morgan fingerprint density at radius 2 is 2.37 bits per heavy atom. The first-order valence-electron chi connectivity index (χ1n) is 6.83. The minimum Gasteiger partial charge on any atom is -0.325 e. The average Bonchev–Trinajstić information content (AvgIpc) is 2.41. The van der Waals surface area contributed by atoms with Crippen molar-refractivity contribution in [1.82, 2.24) is 0 Å². The molecule has 1 saturated heterocycles. The van der Waals surface area contributed by atoms with Gasteiger partial charge in [0, 0.05) is 5.69 Å². The van der Waals surface area contributed by atoms with Crippen LogP contribution in [0.4, 0.5) is 5.69 Å². The number of carbonyl (C=O) groups excluding carboxylic acids is 1. The number of likely N-dealkylation sites (tertiary alicyclic amines) is 1. The van der Waals surface area contributed by atoms with Crippen molar-refractivity contribution in [3.8, 4) is 6.07 Å². The van der Waals surface area contributed by atoms with Gasteiger partial charge < -0.3 is 10.2 Å². The Morgan fingerprint density at radius 3 is 3.11 bits per heavy atom. The molecular formula is C15H20N3O+. The molecule has 100 valence electrons. The highest BCUT2D eigenvalue weighted by atomic mass is 16.2. The molecule has 4 nitrogen and oxygen atoms in total. The lowest BCUT2D eigenvalue weighted by molar-refractivity contribution is -0.920. The molecule has 0 radical (unpaired) electrons. The SMILES string of the molecule is C[C@@H]1CCCC[NH+]1CC(=O)Nc1cccc(C#N)c1. The highest BCUT2D eigenvalue weighted by Crippen LogP contribution is 2.09. The van der Waals surface area contributed by atoms with Crippen LogP contribution < -0.4 is 10.2 Å². The van der Waals surface area contributed by atoms with Gasteiger partial charge in [0.1, 0.15) is 0 Å². The largest absolute Gasteiger partial charge is 0.325 e. The molecule has 1 amide bonds. The third-order valence-electron chi connectivity index (χ3n) is 3.74. The molecule has 1 unspecified atom stereocenters. The molecule has 1 aromatic rings. The highest BCUT2D eigenvalue weighted by molar-refractivity contribution is 5.91. The van der Waals surface area contributed by atoms with Crippen molar-refractivity contribution in [2.75, 3.05) is 18.4 Å². The third kappa shape index (κ3) is 3.80. The second-order valence-electron chi connectivity index (χ2n) is 5.22. The van der Waals surface area contributed by atoms with Gasteiger partial charge in [-0.3, -0.25) is 4.79 Å². The second kappa shape index (κ2) is 6.35. The van der Waals surface area contributed by atoms with Gasteiger partial charge in [-0.1, -0.05) is 6.07 Å². The summed E-state index contributed by atoms with van der Waals surface area (Å²) in [4.78, 5) is 13.4. The maximum absolute atomic E-state index is 12.0. The number of nitrogens with zero attached hydrogens (tertiary/aromatic N) is 1. The Balaban J connectivity index is 1.91. The fourth-order valence-electron chi connectivity index (χ4n) is 2.59. The van der Waals surface area contributed by atoms with Crippen molar-refractivity contribution in [2.24, 2.45) is 0 Å². The van der Waals surface area contributed by atoms with Gasteiger partial charge in [-0.25, -0.2) is 0 Å². The van der Waals surface area contributed by atoms with E-state index >= 15 is 0 Å². The maximum atomic E-state index is 12.0. The molecule has 2 rings (SSSR count). The summed E-state index contributed by atoms with van der Waals surface area (Å²) in [5.74, 6) is 0.0267. The lowest BCUT2D eigenvalue weighted by Crippen LogP contribution is -3.17. The minimum absolute atomic E-state index is 0.0267. The molecule has 0 spiro atoms. The molecular weight excluding hydrogens is 238 g/mol. The summed E-state index contributed by atoms with van der Waals surface area (Å²) in [6.07, 6.45) is 3.68. The van der Waals surface area contributed by atoms with E-state index < -0.39 is 0 Å². The van der Waals surface area contributed by atoms with Crippen LogP contribution in [0.3, 0.4) is 0 Å². The fourth-order valence-corrected chi connectivity index (χ4v) is 2.59. The minimum atomic E-state index is 0.0267. The molecule has 1 aliphatic rings. The molecule has 1 aromatic carbocycles. The van der Waals surface area contributed by atoms with Crippen LogP contribution >= 0.6 is 0 Å². The predicted octanol–water partition coefficient (Wildman–Crippen LogP) is 0.954. The van der Waals surface area contributed by atoms with Gasteiger partial charge >= 0.3 is 0 Å². The van der Waals surface area contributed by atoms with Gasteiger partial charge in [-0.2, -0.15) is 5.26 Å². The van der Waals surface area contributed by atoms with Crippen LogP contribution in [0, 0.1) is 11.3 Å². The van der Waals surface area contributed by atoms with Crippen LogP contribution in [-0.4, -0.2) is 25.0 Å². The normalized spacial score (nSPS) is 22.5. The van der Waals surface area contributed by atoms with E-state index in [1.165, 1.54) is 24.2 Å². The number of hydrogen-bond acceptors (Lipinski definition) is 2. The molecule has 0 saturated carbocycles. The lowest BCUT2D eigenvalue weighted by Gasteiger charge is -2.29. The van der Waals surface area contributed by atoms with Crippen molar-refractivity contribution < 1.29 is 9.69 Å². The Labute approximate surface area is 114 Å². The van der Waals surface area contributed by atoms with Gasteiger partial charge in [-0.05, 0) is 44.4 Å². The van der Waals surface area contributed by atoms with Gasteiger partial charge in [0.25, 0.3) is 5.91 Å². The first-order chi connectivity index (χ1) is 9.19. The summed E-state index contributed by atoms with van der Waals surface area (Å²) < 4.78 is 0. The van der Waals surface area contributed by atoms with Crippen LogP contribution in [0.15, 0.2) is 24.3 Å². The number of carbonyl (C=O) groups is 1. The van der Waals surface area contributed by atoms with Crippen LogP contribution in [0.1, 0.15) is 31.7 Å². The third-order valence-corrected chi connectivity index (χ3v) is 3.74. The predicted molar refractivity (Wildman–Crippen MR) is 73.8 cm³/mol. The highest BCUT2D eigenvalue weighted by Gasteiger charge is 2.24. The number of amides is 1. The number of nitrogens with one attached hydrogen (secondary N) is 2. The van der Waals surface area contributed by atoms with Gasteiger partial charge in [0.05, 0.1) is 24.2 Å². The van der Waals surface area contributed by atoms with Crippen LogP contribution in [0.25, 0.3) is 0 Å². The Bertz CT molecular complexity index is 492. The van der Waals surface area contributed by atoms with Crippen molar-refractivity contribution in [1.29, 1.82) is 5.26 Å². The first kappa shape index (κ1) is 13.6. The molecule has 1 heterocycles. The zero-order chi connectivity index (χ0) is 13.7. The number of nitriles is 1. The number of hydrogen-bond donors (Lipinski definition) is 2. The molecule has 4 heteroatoms. The van der Waals surface area contributed by atoms with E-state index in [0.717, 1.165) is 6.54 Å². The van der Waals surface area contributed by atoms with E-state index in [9.17, 15) is 4.79 Å². The molecule has 1 aliphatic heterocycles. The van der Waals surface area contributed by atoms with Gasteiger partial charge in [0.15, 0.2) is 6.54 Å². The number of rotatable bonds is 3. The summed E-state index contributed by atoms with van der Waals surface area (Å²) in [5.41, 5.74) is 1.27. The van der Waals surface area contributed by atoms with Crippen molar-refractivity contribution in [3.05, 3.63) is 29.8 Å². The van der Waals surface area contributed by atoms with Gasteiger partial charge in [0.2, 0.25) is 0 Å². The zero-order valence-electron chi connectivity index (χ0n) is 11.3. The Kier molecular flexibility index (Phi) is 4.53. The van der Waals surface area contributed by atoms with Crippen molar-refractivity contribution in [3.63, 3.8) is 0 Å². The van der Waals surface area contributed by atoms with E-state index in [0.29, 0.717) is 23.8 Å². The van der Waals surface area contributed by atoms with E-state index in [4.69, 9.17) is 5.26 Å². The van der Waals surface area contributed by atoms with Crippen molar-refractivity contribution >= 4 is 11.6 Å². The number of benzene rings is 1. The quantitative estimate of drug-likeness (QED) is 0.848.